The van der Waals surface area contributed by atoms with Crippen LogP contribution in [0.2, 0.25) is 10.2 Å². The van der Waals surface area contributed by atoms with Crippen molar-refractivity contribution in [2.75, 3.05) is 11.9 Å². The van der Waals surface area contributed by atoms with Crippen LogP contribution in [0.4, 0.5) is 11.4 Å². The number of anilines is 1. The SMILES string of the molecule is Cc1cc(NC(=O)COC(=O)c2cnc(Cl)c(Cl)c2)c([N+](=O)[O-])cc1C. The number of hydrogen-bond acceptors (Lipinski definition) is 6. The van der Waals surface area contributed by atoms with Crippen molar-refractivity contribution < 1.29 is 19.2 Å². The third-order valence-electron chi connectivity index (χ3n) is 3.45. The minimum Gasteiger partial charge on any atom is -0.452 e. The van der Waals surface area contributed by atoms with E-state index in [2.05, 4.69) is 10.3 Å². The van der Waals surface area contributed by atoms with Gasteiger partial charge in [0, 0.05) is 12.3 Å². The second-order valence-corrected chi connectivity index (χ2v) is 6.10. The molecule has 0 atom stereocenters. The number of nitro benzene ring substituents is 1. The highest BCUT2D eigenvalue weighted by atomic mass is 35.5. The van der Waals surface area contributed by atoms with Gasteiger partial charge in [0.1, 0.15) is 10.8 Å². The summed E-state index contributed by atoms with van der Waals surface area (Å²) in [5.74, 6) is -1.56. The number of esters is 1. The molecular formula is C16H13Cl2N3O5. The van der Waals surface area contributed by atoms with Crippen molar-refractivity contribution >= 4 is 46.5 Å². The fourth-order valence-electron chi connectivity index (χ4n) is 1.99. The maximum atomic E-state index is 12.0. The van der Waals surface area contributed by atoms with Gasteiger partial charge in [-0.2, -0.15) is 0 Å². The summed E-state index contributed by atoms with van der Waals surface area (Å²) in [7, 11) is 0. The minimum absolute atomic E-state index is 0.0179. The largest absolute Gasteiger partial charge is 0.452 e. The summed E-state index contributed by atoms with van der Waals surface area (Å²) in [5.41, 5.74) is 1.28. The van der Waals surface area contributed by atoms with Crippen LogP contribution in [0.3, 0.4) is 0 Å². The molecule has 2 aromatic rings. The molecule has 26 heavy (non-hydrogen) atoms. The number of ether oxygens (including phenoxy) is 1. The van der Waals surface area contributed by atoms with E-state index >= 15 is 0 Å². The number of pyridine rings is 1. The average molecular weight is 398 g/mol. The summed E-state index contributed by atoms with van der Waals surface area (Å²) in [6.07, 6.45) is 1.16. The first kappa shape index (κ1) is 19.6. The maximum Gasteiger partial charge on any atom is 0.340 e. The molecule has 0 fully saturated rings. The predicted molar refractivity (Wildman–Crippen MR) is 95.7 cm³/mol. The van der Waals surface area contributed by atoms with Crippen molar-refractivity contribution in [3.63, 3.8) is 0 Å². The third-order valence-corrected chi connectivity index (χ3v) is 4.14. The van der Waals surface area contributed by atoms with E-state index in [9.17, 15) is 19.7 Å². The van der Waals surface area contributed by atoms with Crippen molar-refractivity contribution in [1.29, 1.82) is 0 Å². The van der Waals surface area contributed by atoms with E-state index in [4.69, 9.17) is 27.9 Å². The Labute approximate surface area is 158 Å². The van der Waals surface area contributed by atoms with E-state index in [-0.39, 0.29) is 27.1 Å². The number of benzene rings is 1. The van der Waals surface area contributed by atoms with E-state index in [1.165, 1.54) is 18.2 Å². The molecule has 1 aromatic carbocycles. The van der Waals surface area contributed by atoms with Gasteiger partial charge < -0.3 is 10.1 Å². The maximum absolute atomic E-state index is 12.0. The first-order valence-electron chi connectivity index (χ1n) is 7.22. The Hall–Kier alpha value is -2.71. The molecule has 10 heteroatoms. The predicted octanol–water partition coefficient (Wildman–Crippen LogP) is 3.71. The van der Waals surface area contributed by atoms with Gasteiger partial charge in [-0.05, 0) is 37.1 Å². The highest BCUT2D eigenvalue weighted by molar-refractivity contribution is 6.41. The number of halogens is 2. The topological polar surface area (TPSA) is 111 Å². The zero-order chi connectivity index (χ0) is 19.4. The van der Waals surface area contributed by atoms with Gasteiger partial charge in [-0.1, -0.05) is 23.2 Å². The number of nitro groups is 1. The Morgan fingerprint density at radius 1 is 1.23 bits per heavy atom. The zero-order valence-electron chi connectivity index (χ0n) is 13.7. The molecular weight excluding hydrogens is 385 g/mol. The number of aromatic nitrogens is 1. The van der Waals surface area contributed by atoms with Crippen LogP contribution < -0.4 is 5.32 Å². The Balaban J connectivity index is 2.05. The number of carbonyl (C=O) groups excluding carboxylic acids is 2. The molecule has 0 unspecified atom stereocenters. The van der Waals surface area contributed by atoms with Gasteiger partial charge in [0.15, 0.2) is 6.61 Å². The van der Waals surface area contributed by atoms with Gasteiger partial charge >= 0.3 is 5.97 Å². The molecule has 136 valence electrons. The smallest absolute Gasteiger partial charge is 0.340 e. The molecule has 8 nitrogen and oxygen atoms in total. The molecule has 0 aliphatic heterocycles. The normalized spacial score (nSPS) is 10.3. The first-order chi connectivity index (χ1) is 12.2. The lowest BCUT2D eigenvalue weighted by Crippen LogP contribution is -2.21. The van der Waals surface area contributed by atoms with Crippen LogP contribution in [-0.4, -0.2) is 28.4 Å². The van der Waals surface area contributed by atoms with Crippen LogP contribution in [0.15, 0.2) is 24.4 Å². The van der Waals surface area contributed by atoms with E-state index < -0.39 is 23.4 Å². The zero-order valence-corrected chi connectivity index (χ0v) is 15.2. The lowest BCUT2D eigenvalue weighted by Gasteiger charge is -2.09. The molecule has 1 N–H and O–H groups in total. The molecule has 0 saturated carbocycles. The van der Waals surface area contributed by atoms with Crippen molar-refractivity contribution in [2.24, 2.45) is 0 Å². The van der Waals surface area contributed by atoms with Crippen LogP contribution in [0, 0.1) is 24.0 Å². The Morgan fingerprint density at radius 3 is 2.50 bits per heavy atom. The lowest BCUT2D eigenvalue weighted by molar-refractivity contribution is -0.384. The fraction of sp³-hybridized carbons (Fsp3) is 0.188. The summed E-state index contributed by atoms with van der Waals surface area (Å²) < 4.78 is 4.85. The number of nitrogens with one attached hydrogen (secondary N) is 1. The molecule has 0 spiro atoms. The van der Waals surface area contributed by atoms with E-state index in [0.717, 1.165) is 11.8 Å². The van der Waals surface area contributed by atoms with Crippen molar-refractivity contribution in [3.8, 4) is 0 Å². The van der Waals surface area contributed by atoms with Crippen molar-refractivity contribution in [3.05, 3.63) is 61.4 Å². The highest BCUT2D eigenvalue weighted by Gasteiger charge is 2.19. The second-order valence-electron chi connectivity index (χ2n) is 5.33. The Kier molecular flexibility index (Phi) is 6.12. The number of nitrogens with zero attached hydrogens (tertiary/aromatic N) is 2. The molecule has 1 aromatic heterocycles. The monoisotopic (exact) mass is 397 g/mol. The van der Waals surface area contributed by atoms with Crippen molar-refractivity contribution in [1.82, 2.24) is 4.98 Å². The summed E-state index contributed by atoms with van der Waals surface area (Å²) in [5, 5.41) is 13.6. The Bertz CT molecular complexity index is 902. The fourth-order valence-corrected chi connectivity index (χ4v) is 2.26. The van der Waals surface area contributed by atoms with Gasteiger partial charge in [0.05, 0.1) is 15.5 Å². The lowest BCUT2D eigenvalue weighted by atomic mass is 10.1. The first-order valence-corrected chi connectivity index (χ1v) is 7.98. The molecule has 1 heterocycles. The highest BCUT2D eigenvalue weighted by Crippen LogP contribution is 2.28. The van der Waals surface area contributed by atoms with E-state index in [1.807, 2.05) is 0 Å². The standard InChI is InChI=1S/C16H13Cl2N3O5/c1-8-3-12(13(21(24)25)4-9(8)2)20-14(22)7-26-16(23)10-5-11(17)15(18)19-6-10/h3-6H,7H2,1-2H3,(H,20,22). The van der Waals surface area contributed by atoms with Crippen LogP contribution in [0.1, 0.15) is 21.5 Å². The molecule has 0 aliphatic rings. The number of amides is 1. The summed E-state index contributed by atoms with van der Waals surface area (Å²) in [4.78, 5) is 38.1. The minimum atomic E-state index is -0.833. The number of carbonyl (C=O) groups is 2. The summed E-state index contributed by atoms with van der Waals surface area (Å²) in [6, 6.07) is 4.10. The summed E-state index contributed by atoms with van der Waals surface area (Å²) in [6.45, 7) is 2.84. The number of aryl methyl sites for hydroxylation is 2. The quantitative estimate of drug-likeness (QED) is 0.356. The average Bonchev–Trinajstić information content (AvgIpc) is 2.58. The van der Waals surface area contributed by atoms with Crippen LogP contribution in [-0.2, 0) is 9.53 Å². The molecule has 0 bridgehead atoms. The second kappa shape index (κ2) is 8.11. The molecule has 2 rings (SSSR count). The van der Waals surface area contributed by atoms with Gasteiger partial charge in [0.2, 0.25) is 0 Å². The molecule has 0 aliphatic carbocycles. The third kappa shape index (κ3) is 4.68. The molecule has 0 saturated heterocycles. The molecule has 0 radical (unpaired) electrons. The van der Waals surface area contributed by atoms with Crippen LogP contribution in [0.5, 0.6) is 0 Å². The summed E-state index contributed by atoms with van der Waals surface area (Å²) >= 11 is 11.4. The van der Waals surface area contributed by atoms with Crippen molar-refractivity contribution in [2.45, 2.75) is 13.8 Å². The van der Waals surface area contributed by atoms with Gasteiger partial charge in [-0.15, -0.1) is 0 Å². The van der Waals surface area contributed by atoms with Crippen LogP contribution in [0.25, 0.3) is 0 Å². The molecule has 1 amide bonds. The van der Waals surface area contributed by atoms with Gasteiger partial charge in [0.25, 0.3) is 11.6 Å². The number of hydrogen-bond donors (Lipinski definition) is 1. The number of rotatable bonds is 5. The Morgan fingerprint density at radius 2 is 1.88 bits per heavy atom. The van der Waals surface area contributed by atoms with Gasteiger partial charge in [-0.25, -0.2) is 9.78 Å². The van der Waals surface area contributed by atoms with Gasteiger partial charge in [-0.3, -0.25) is 14.9 Å². The van der Waals surface area contributed by atoms with E-state index in [1.54, 1.807) is 13.8 Å². The van der Waals surface area contributed by atoms with E-state index in [0.29, 0.717) is 5.56 Å². The van der Waals surface area contributed by atoms with Crippen LogP contribution >= 0.6 is 23.2 Å².